The molecule has 2 rings (SSSR count). The number of rotatable bonds is 2. The number of carbonyl (C=O) groups is 1. The molecular weight excluding hydrogens is 194 g/mol. The van der Waals surface area contributed by atoms with Crippen LogP contribution in [0.25, 0.3) is 0 Å². The normalized spacial score (nSPS) is 24.5. The van der Waals surface area contributed by atoms with Crippen LogP contribution in [0, 0.1) is 5.92 Å². The van der Waals surface area contributed by atoms with Crippen LogP contribution >= 0.6 is 0 Å². The van der Waals surface area contributed by atoms with E-state index >= 15 is 0 Å². The molecule has 1 N–H and O–H groups in total. The summed E-state index contributed by atoms with van der Waals surface area (Å²) < 4.78 is 0. The summed E-state index contributed by atoms with van der Waals surface area (Å²) in [4.78, 5) is 16.0. The van der Waals surface area contributed by atoms with Crippen molar-refractivity contribution < 1.29 is 14.7 Å². The summed E-state index contributed by atoms with van der Waals surface area (Å²) in [5, 5.41) is 12.9. The number of hydrogen-bond acceptors (Lipinski definition) is 3. The lowest BCUT2D eigenvalue weighted by Gasteiger charge is -2.09. The molecule has 0 unspecified atom stereocenters. The molecule has 0 bridgehead atoms. The first-order valence-corrected chi connectivity index (χ1v) is 4.72. The third kappa shape index (κ3) is 1.70. The van der Waals surface area contributed by atoms with Gasteiger partial charge in [0, 0.05) is 5.56 Å². The maximum atomic E-state index is 11.0. The zero-order chi connectivity index (χ0) is 10.8. The molecule has 15 heavy (non-hydrogen) atoms. The Bertz CT molecular complexity index is 400. The molecule has 2 atom stereocenters. The fourth-order valence-corrected chi connectivity index (χ4v) is 1.64. The van der Waals surface area contributed by atoms with E-state index in [9.17, 15) is 4.79 Å². The Kier molecular flexibility index (Phi) is 2.41. The Morgan fingerprint density at radius 3 is 2.67 bits per heavy atom. The molecule has 1 aliphatic heterocycles. The lowest BCUT2D eigenvalue weighted by molar-refractivity contribution is -0.141. The molecule has 78 valence electrons. The molecule has 4 heteroatoms. The van der Waals surface area contributed by atoms with Crippen molar-refractivity contribution in [1.82, 2.24) is 0 Å². The quantitative estimate of drug-likeness (QED) is 0.796. The summed E-state index contributed by atoms with van der Waals surface area (Å²) >= 11 is 0. The third-order valence-electron chi connectivity index (χ3n) is 2.42. The minimum Gasteiger partial charge on any atom is -0.481 e. The van der Waals surface area contributed by atoms with E-state index in [-0.39, 0.29) is 0 Å². The van der Waals surface area contributed by atoms with Gasteiger partial charge in [0.1, 0.15) is 17.7 Å². The summed E-state index contributed by atoms with van der Waals surface area (Å²) in [6.07, 6.45) is -0.405. The van der Waals surface area contributed by atoms with Crippen molar-refractivity contribution in [3.63, 3.8) is 0 Å². The second kappa shape index (κ2) is 3.73. The molecular formula is C11H11NO3. The molecule has 1 aliphatic rings. The highest BCUT2D eigenvalue weighted by atomic mass is 16.6. The van der Waals surface area contributed by atoms with Gasteiger partial charge in [-0.1, -0.05) is 35.5 Å². The van der Waals surface area contributed by atoms with Crippen molar-refractivity contribution in [1.29, 1.82) is 0 Å². The van der Waals surface area contributed by atoms with Crippen molar-refractivity contribution in [2.24, 2.45) is 11.1 Å². The van der Waals surface area contributed by atoms with E-state index in [1.165, 1.54) is 0 Å². The lowest BCUT2D eigenvalue weighted by Crippen LogP contribution is -2.29. The molecule has 0 amide bonds. The standard InChI is InChI=1S/C11H11NO3/c1-7-9(11(13)14)10(12-15-7)8-5-3-2-4-6-8/h2-7,9H,1H3,(H,13,14)/t7-,9-/m1/s1. The Labute approximate surface area is 87.2 Å². The van der Waals surface area contributed by atoms with Crippen molar-refractivity contribution in [3.8, 4) is 0 Å². The number of benzene rings is 1. The van der Waals surface area contributed by atoms with Crippen molar-refractivity contribution in [3.05, 3.63) is 35.9 Å². The first-order valence-electron chi connectivity index (χ1n) is 4.72. The zero-order valence-corrected chi connectivity index (χ0v) is 8.25. The Morgan fingerprint density at radius 1 is 1.40 bits per heavy atom. The van der Waals surface area contributed by atoms with Gasteiger partial charge in [-0.3, -0.25) is 4.79 Å². The van der Waals surface area contributed by atoms with Gasteiger partial charge in [0.05, 0.1) is 0 Å². The van der Waals surface area contributed by atoms with E-state index < -0.39 is 18.0 Å². The van der Waals surface area contributed by atoms with Gasteiger partial charge in [-0.05, 0) is 6.92 Å². The maximum absolute atomic E-state index is 11.0. The molecule has 0 saturated carbocycles. The SMILES string of the molecule is C[C@H]1ON=C(c2ccccc2)[C@@H]1C(=O)O. The highest BCUT2D eigenvalue weighted by Gasteiger charge is 2.37. The highest BCUT2D eigenvalue weighted by molar-refractivity contribution is 6.12. The van der Waals surface area contributed by atoms with Crippen LogP contribution in [-0.2, 0) is 9.63 Å². The number of aliphatic carboxylic acids is 1. The number of nitrogens with zero attached hydrogens (tertiary/aromatic N) is 1. The summed E-state index contributed by atoms with van der Waals surface area (Å²) in [5.74, 6) is -1.57. The van der Waals surface area contributed by atoms with Crippen molar-refractivity contribution in [2.75, 3.05) is 0 Å². The minimum atomic E-state index is -0.900. The number of oxime groups is 1. The smallest absolute Gasteiger partial charge is 0.316 e. The predicted octanol–water partition coefficient (Wildman–Crippen LogP) is 1.51. The van der Waals surface area contributed by atoms with Gasteiger partial charge in [-0.2, -0.15) is 0 Å². The summed E-state index contributed by atoms with van der Waals surface area (Å²) in [7, 11) is 0. The van der Waals surface area contributed by atoms with Crippen LogP contribution < -0.4 is 0 Å². The average Bonchev–Trinajstić information content (AvgIpc) is 2.61. The van der Waals surface area contributed by atoms with E-state index in [0.29, 0.717) is 5.71 Å². The van der Waals surface area contributed by atoms with Crippen LogP contribution in [0.5, 0.6) is 0 Å². The van der Waals surface area contributed by atoms with Crippen LogP contribution in [0.3, 0.4) is 0 Å². The van der Waals surface area contributed by atoms with Crippen LogP contribution in [-0.4, -0.2) is 22.9 Å². The predicted molar refractivity (Wildman–Crippen MR) is 54.7 cm³/mol. The molecule has 0 saturated heterocycles. The van der Waals surface area contributed by atoms with Crippen molar-refractivity contribution in [2.45, 2.75) is 13.0 Å². The summed E-state index contributed by atoms with van der Waals surface area (Å²) in [6, 6.07) is 9.23. The molecule has 4 nitrogen and oxygen atoms in total. The van der Waals surface area contributed by atoms with Crippen LogP contribution in [0.15, 0.2) is 35.5 Å². The zero-order valence-electron chi connectivity index (χ0n) is 8.25. The lowest BCUT2D eigenvalue weighted by atomic mass is 9.93. The number of hydrogen-bond donors (Lipinski definition) is 1. The molecule has 0 fully saturated rings. The summed E-state index contributed by atoms with van der Waals surface area (Å²) in [6.45, 7) is 1.71. The number of carboxylic acids is 1. The van der Waals surface area contributed by atoms with E-state index in [4.69, 9.17) is 9.94 Å². The molecule has 0 aliphatic carbocycles. The Morgan fingerprint density at radius 2 is 2.07 bits per heavy atom. The van der Waals surface area contributed by atoms with E-state index in [2.05, 4.69) is 5.16 Å². The van der Waals surface area contributed by atoms with Gasteiger partial charge in [-0.25, -0.2) is 0 Å². The fraction of sp³-hybridized carbons (Fsp3) is 0.273. The molecule has 1 heterocycles. The first kappa shape index (κ1) is 9.71. The van der Waals surface area contributed by atoms with Gasteiger partial charge in [-0.15, -0.1) is 0 Å². The van der Waals surface area contributed by atoms with E-state index in [1.54, 1.807) is 6.92 Å². The second-order valence-electron chi connectivity index (χ2n) is 3.47. The van der Waals surface area contributed by atoms with Crippen molar-refractivity contribution >= 4 is 11.7 Å². The Hall–Kier alpha value is -1.84. The van der Waals surface area contributed by atoms with Gasteiger partial charge in [0.15, 0.2) is 0 Å². The maximum Gasteiger partial charge on any atom is 0.316 e. The third-order valence-corrected chi connectivity index (χ3v) is 2.42. The van der Waals surface area contributed by atoms with Gasteiger partial charge >= 0.3 is 5.97 Å². The van der Waals surface area contributed by atoms with Crippen LogP contribution in [0.4, 0.5) is 0 Å². The first-order chi connectivity index (χ1) is 7.20. The summed E-state index contributed by atoms with van der Waals surface area (Å²) in [5.41, 5.74) is 1.30. The second-order valence-corrected chi connectivity index (χ2v) is 3.47. The van der Waals surface area contributed by atoms with Gasteiger partial charge < -0.3 is 9.94 Å². The highest BCUT2D eigenvalue weighted by Crippen LogP contribution is 2.23. The van der Waals surface area contributed by atoms with E-state index in [0.717, 1.165) is 5.56 Å². The molecule has 0 radical (unpaired) electrons. The minimum absolute atomic E-state index is 0.405. The molecule has 1 aromatic carbocycles. The monoisotopic (exact) mass is 205 g/mol. The number of carboxylic acid groups (broad SMARTS) is 1. The van der Waals surface area contributed by atoms with Gasteiger partial charge in [0.25, 0.3) is 0 Å². The van der Waals surface area contributed by atoms with Crippen LogP contribution in [0.2, 0.25) is 0 Å². The van der Waals surface area contributed by atoms with Crippen LogP contribution in [0.1, 0.15) is 12.5 Å². The Balaban J connectivity index is 2.34. The largest absolute Gasteiger partial charge is 0.481 e. The average molecular weight is 205 g/mol. The topological polar surface area (TPSA) is 58.9 Å². The van der Waals surface area contributed by atoms with E-state index in [1.807, 2.05) is 30.3 Å². The fourth-order valence-electron chi connectivity index (χ4n) is 1.64. The molecule has 1 aromatic rings. The van der Waals surface area contributed by atoms with Gasteiger partial charge in [0.2, 0.25) is 0 Å². The molecule has 0 aromatic heterocycles. The molecule has 0 spiro atoms.